The van der Waals surface area contributed by atoms with Crippen molar-refractivity contribution in [3.63, 3.8) is 0 Å². The molecule has 0 amide bonds. The van der Waals surface area contributed by atoms with Crippen LogP contribution in [0.3, 0.4) is 0 Å². The molecule has 1 heterocycles. The topological polar surface area (TPSA) is 88.3 Å². The molecule has 0 aliphatic heterocycles. The van der Waals surface area contributed by atoms with Gasteiger partial charge < -0.3 is 10.4 Å². The summed E-state index contributed by atoms with van der Waals surface area (Å²) in [4.78, 5) is 15.1. The largest absolute Gasteiger partial charge is 0.393 e. The number of thiazole rings is 1. The van der Waals surface area contributed by atoms with Crippen LogP contribution in [0.1, 0.15) is 25.3 Å². The van der Waals surface area contributed by atoms with Gasteiger partial charge in [-0.2, -0.15) is 0 Å². The highest BCUT2D eigenvalue weighted by atomic mass is 32.1. The first kappa shape index (κ1) is 14.7. The van der Waals surface area contributed by atoms with Crippen molar-refractivity contribution in [3.8, 4) is 0 Å². The second-order valence-electron chi connectivity index (χ2n) is 4.96. The van der Waals surface area contributed by atoms with Crippen molar-refractivity contribution < 1.29 is 10.0 Å². The molecular weight excluding hydrogens is 278 g/mol. The maximum absolute atomic E-state index is 11.2. The van der Waals surface area contributed by atoms with Gasteiger partial charge in [0.05, 0.1) is 26.3 Å². The fourth-order valence-corrected chi connectivity index (χ4v) is 3.02. The molecule has 7 heteroatoms. The predicted molar refractivity (Wildman–Crippen MR) is 80.4 cm³/mol. The van der Waals surface area contributed by atoms with Crippen LogP contribution in [-0.4, -0.2) is 27.2 Å². The SMILES string of the molecule is Cc1nc2cc(NC(C)CC(C)O)c([N+](=O)[O-])cc2s1. The van der Waals surface area contributed by atoms with Crippen molar-refractivity contribution >= 4 is 32.9 Å². The van der Waals surface area contributed by atoms with Gasteiger partial charge in [0.25, 0.3) is 5.69 Å². The number of hydrogen-bond donors (Lipinski definition) is 2. The molecule has 0 aliphatic rings. The molecule has 0 saturated heterocycles. The van der Waals surface area contributed by atoms with Crippen molar-refractivity contribution in [2.45, 2.75) is 39.3 Å². The fourth-order valence-electron chi connectivity index (χ4n) is 2.18. The van der Waals surface area contributed by atoms with Crippen molar-refractivity contribution in [3.05, 3.63) is 27.3 Å². The minimum absolute atomic E-state index is 0.0404. The number of anilines is 1. The van der Waals surface area contributed by atoms with Crippen LogP contribution in [0.2, 0.25) is 0 Å². The van der Waals surface area contributed by atoms with Crippen LogP contribution < -0.4 is 5.32 Å². The maximum atomic E-state index is 11.2. The summed E-state index contributed by atoms with van der Waals surface area (Å²) in [5.41, 5.74) is 1.24. The summed E-state index contributed by atoms with van der Waals surface area (Å²) in [6, 6.07) is 3.19. The summed E-state index contributed by atoms with van der Waals surface area (Å²) in [6.45, 7) is 5.45. The normalized spacial score (nSPS) is 14.2. The van der Waals surface area contributed by atoms with E-state index in [1.807, 2.05) is 13.8 Å². The number of rotatable bonds is 5. The van der Waals surface area contributed by atoms with Crippen molar-refractivity contribution in [2.75, 3.05) is 5.32 Å². The first-order valence-corrected chi connectivity index (χ1v) is 7.18. The lowest BCUT2D eigenvalue weighted by Gasteiger charge is -2.16. The molecule has 2 N–H and O–H groups in total. The molecule has 6 nitrogen and oxygen atoms in total. The quantitative estimate of drug-likeness (QED) is 0.653. The Bertz CT molecular complexity index is 639. The number of nitro benzene ring substituents is 1. The lowest BCUT2D eigenvalue weighted by atomic mass is 10.1. The summed E-state index contributed by atoms with van der Waals surface area (Å²) in [6.07, 6.45) is 0.0625. The Hall–Kier alpha value is -1.73. The van der Waals surface area contributed by atoms with Crippen LogP contribution in [0.5, 0.6) is 0 Å². The molecular formula is C13H17N3O3S. The number of aliphatic hydroxyl groups excluding tert-OH is 1. The first-order chi connectivity index (χ1) is 9.36. The molecule has 0 aliphatic carbocycles. The molecule has 0 radical (unpaired) electrons. The zero-order chi connectivity index (χ0) is 14.9. The molecule has 0 bridgehead atoms. The molecule has 2 rings (SSSR count). The molecule has 0 spiro atoms. The Morgan fingerprint density at radius 2 is 2.20 bits per heavy atom. The highest BCUT2D eigenvalue weighted by Gasteiger charge is 2.19. The third-order valence-electron chi connectivity index (χ3n) is 2.91. The second kappa shape index (κ2) is 5.72. The van der Waals surface area contributed by atoms with Crippen LogP contribution in [0, 0.1) is 17.0 Å². The van der Waals surface area contributed by atoms with E-state index in [1.165, 1.54) is 11.3 Å². The van der Waals surface area contributed by atoms with Gasteiger partial charge in [0.1, 0.15) is 5.69 Å². The zero-order valence-electron chi connectivity index (χ0n) is 11.6. The van der Waals surface area contributed by atoms with E-state index in [2.05, 4.69) is 10.3 Å². The number of fused-ring (bicyclic) bond motifs is 1. The Labute approximate surface area is 120 Å². The van der Waals surface area contributed by atoms with Crippen molar-refractivity contribution in [2.24, 2.45) is 0 Å². The molecule has 1 aromatic carbocycles. The Morgan fingerprint density at radius 1 is 1.50 bits per heavy atom. The second-order valence-corrected chi connectivity index (χ2v) is 6.19. The van der Waals surface area contributed by atoms with E-state index < -0.39 is 11.0 Å². The Morgan fingerprint density at radius 3 is 2.80 bits per heavy atom. The zero-order valence-corrected chi connectivity index (χ0v) is 12.4. The monoisotopic (exact) mass is 295 g/mol. The highest BCUT2D eigenvalue weighted by molar-refractivity contribution is 7.18. The van der Waals surface area contributed by atoms with E-state index in [4.69, 9.17) is 0 Å². The van der Waals surface area contributed by atoms with E-state index in [0.29, 0.717) is 12.1 Å². The Balaban J connectivity index is 2.38. The van der Waals surface area contributed by atoms with Crippen LogP contribution in [0.25, 0.3) is 10.2 Å². The number of nitro groups is 1. The number of nitrogens with zero attached hydrogens (tertiary/aromatic N) is 2. The van der Waals surface area contributed by atoms with E-state index in [1.54, 1.807) is 19.1 Å². The lowest BCUT2D eigenvalue weighted by Crippen LogP contribution is -2.21. The van der Waals surface area contributed by atoms with Gasteiger partial charge in [-0.15, -0.1) is 11.3 Å². The van der Waals surface area contributed by atoms with Gasteiger partial charge in [-0.25, -0.2) is 4.98 Å². The highest BCUT2D eigenvalue weighted by Crippen LogP contribution is 2.33. The van der Waals surface area contributed by atoms with Gasteiger partial charge in [0.15, 0.2) is 0 Å². The smallest absolute Gasteiger partial charge is 0.293 e. The molecule has 0 saturated carbocycles. The molecule has 20 heavy (non-hydrogen) atoms. The number of benzene rings is 1. The third-order valence-corrected chi connectivity index (χ3v) is 3.84. The summed E-state index contributed by atoms with van der Waals surface area (Å²) >= 11 is 1.44. The molecule has 2 unspecified atom stereocenters. The van der Waals surface area contributed by atoms with Crippen molar-refractivity contribution in [1.29, 1.82) is 0 Å². The van der Waals surface area contributed by atoms with E-state index in [0.717, 1.165) is 15.2 Å². The first-order valence-electron chi connectivity index (χ1n) is 6.37. The van der Waals surface area contributed by atoms with E-state index >= 15 is 0 Å². The van der Waals surface area contributed by atoms with Gasteiger partial charge in [-0.05, 0) is 33.3 Å². The van der Waals surface area contributed by atoms with Crippen LogP contribution in [0.15, 0.2) is 12.1 Å². The van der Waals surface area contributed by atoms with Crippen molar-refractivity contribution in [1.82, 2.24) is 4.98 Å². The summed E-state index contributed by atoms with van der Waals surface area (Å²) in [5.74, 6) is 0. The van der Waals surface area contributed by atoms with Gasteiger partial charge in [-0.3, -0.25) is 10.1 Å². The average Bonchev–Trinajstić information content (AvgIpc) is 2.65. The minimum Gasteiger partial charge on any atom is -0.393 e. The van der Waals surface area contributed by atoms with Crippen LogP contribution in [-0.2, 0) is 0 Å². The average molecular weight is 295 g/mol. The lowest BCUT2D eigenvalue weighted by molar-refractivity contribution is -0.383. The van der Waals surface area contributed by atoms with E-state index in [-0.39, 0.29) is 11.7 Å². The van der Waals surface area contributed by atoms with Gasteiger partial charge >= 0.3 is 0 Å². The Kier molecular flexibility index (Phi) is 4.20. The number of nitrogens with one attached hydrogen (secondary N) is 1. The number of aliphatic hydroxyl groups is 1. The number of hydrogen-bond acceptors (Lipinski definition) is 6. The van der Waals surface area contributed by atoms with Crippen LogP contribution >= 0.6 is 11.3 Å². The molecule has 1 aromatic heterocycles. The number of aryl methyl sites for hydroxylation is 1. The van der Waals surface area contributed by atoms with Gasteiger partial charge in [-0.1, -0.05) is 0 Å². The summed E-state index contributed by atoms with van der Waals surface area (Å²) < 4.78 is 0.808. The van der Waals surface area contributed by atoms with Gasteiger partial charge in [0, 0.05) is 12.1 Å². The molecule has 2 atom stereocenters. The molecule has 0 fully saturated rings. The maximum Gasteiger partial charge on any atom is 0.293 e. The summed E-state index contributed by atoms with van der Waals surface area (Å²) in [7, 11) is 0. The summed E-state index contributed by atoms with van der Waals surface area (Å²) in [5, 5.41) is 24.5. The fraction of sp³-hybridized carbons (Fsp3) is 0.462. The predicted octanol–water partition coefficient (Wildman–Crippen LogP) is 3.08. The van der Waals surface area contributed by atoms with Gasteiger partial charge in [0.2, 0.25) is 0 Å². The third kappa shape index (κ3) is 3.23. The standard InChI is InChI=1S/C13H17N3O3S/c1-7(4-8(2)17)14-10-5-11-13(20-9(3)15-11)6-12(10)16(18)19/h5-8,14,17H,4H2,1-3H3. The molecule has 108 valence electrons. The van der Waals surface area contributed by atoms with Crippen LogP contribution in [0.4, 0.5) is 11.4 Å². The number of aromatic nitrogens is 1. The molecule has 2 aromatic rings. The van der Waals surface area contributed by atoms with E-state index in [9.17, 15) is 15.2 Å². The minimum atomic E-state index is -0.457.